The number of amides is 1. The second-order valence-corrected chi connectivity index (χ2v) is 4.76. The van der Waals surface area contributed by atoms with E-state index < -0.39 is 0 Å². The Morgan fingerprint density at radius 3 is 2.64 bits per heavy atom. The normalized spacial score (nSPS) is 24.1. The lowest BCUT2D eigenvalue weighted by Gasteiger charge is -2.31. The van der Waals surface area contributed by atoms with E-state index in [0.717, 1.165) is 19.4 Å². The summed E-state index contributed by atoms with van der Waals surface area (Å²) in [4.78, 5) is 24.3. The van der Waals surface area contributed by atoms with Gasteiger partial charge in [0, 0.05) is 25.9 Å². The molecule has 1 heterocycles. The maximum absolute atomic E-state index is 11.7. The zero-order valence-corrected chi connectivity index (χ0v) is 8.71. The van der Waals surface area contributed by atoms with E-state index in [1.165, 1.54) is 12.8 Å². The molecule has 0 bridgehead atoms. The largest absolute Gasteiger partial charge is 0.342 e. The Kier molecular flexibility index (Phi) is 2.33. The Labute approximate surface area is 84.5 Å². The van der Waals surface area contributed by atoms with Crippen molar-refractivity contribution >= 4 is 11.7 Å². The monoisotopic (exact) mass is 195 g/mol. The Morgan fingerprint density at radius 1 is 1.43 bits per heavy atom. The Morgan fingerprint density at radius 2 is 2.14 bits per heavy atom. The van der Waals surface area contributed by atoms with Crippen LogP contribution in [0.2, 0.25) is 0 Å². The molecule has 0 radical (unpaired) electrons. The molecule has 1 saturated heterocycles. The van der Waals surface area contributed by atoms with Crippen LogP contribution in [0.4, 0.5) is 0 Å². The molecular formula is C11H17NO2. The molecule has 78 valence electrons. The van der Waals surface area contributed by atoms with E-state index in [0.29, 0.717) is 18.4 Å². The van der Waals surface area contributed by atoms with Crippen molar-refractivity contribution in [3.05, 3.63) is 0 Å². The number of likely N-dealkylation sites (tertiary alicyclic amines) is 1. The van der Waals surface area contributed by atoms with Gasteiger partial charge in [0.05, 0.1) is 0 Å². The molecule has 0 aromatic carbocycles. The van der Waals surface area contributed by atoms with Crippen LogP contribution in [0.1, 0.15) is 39.0 Å². The summed E-state index contributed by atoms with van der Waals surface area (Å²) >= 11 is 0. The van der Waals surface area contributed by atoms with E-state index in [-0.39, 0.29) is 11.7 Å². The first-order chi connectivity index (χ1) is 6.61. The number of hydrogen-bond donors (Lipinski definition) is 0. The van der Waals surface area contributed by atoms with Crippen molar-refractivity contribution in [2.45, 2.75) is 39.0 Å². The minimum Gasteiger partial charge on any atom is -0.342 e. The quantitative estimate of drug-likeness (QED) is 0.682. The molecule has 0 aromatic rings. The standard InChI is InChI=1S/C11H17NO2/c1-9(13)2-6-12-7-5-11(3-4-11)8-10(12)14/h2-8H2,1H3. The SMILES string of the molecule is CC(=O)CCN1CCC2(CC2)CC1=O. The molecule has 1 aliphatic heterocycles. The minimum atomic E-state index is 0.171. The van der Waals surface area contributed by atoms with Crippen LogP contribution in [0.15, 0.2) is 0 Å². The highest BCUT2D eigenvalue weighted by molar-refractivity contribution is 5.80. The molecule has 3 nitrogen and oxygen atoms in total. The highest BCUT2D eigenvalue weighted by atomic mass is 16.2. The van der Waals surface area contributed by atoms with Crippen molar-refractivity contribution in [2.75, 3.05) is 13.1 Å². The molecule has 0 atom stereocenters. The predicted octanol–water partition coefficient (Wildman–Crippen LogP) is 1.37. The van der Waals surface area contributed by atoms with E-state index in [2.05, 4.69) is 0 Å². The van der Waals surface area contributed by atoms with Gasteiger partial charge in [-0.2, -0.15) is 0 Å². The molecule has 3 heteroatoms. The Bertz CT molecular complexity index is 268. The lowest BCUT2D eigenvalue weighted by atomic mass is 9.93. The fourth-order valence-corrected chi connectivity index (χ4v) is 2.15. The van der Waals surface area contributed by atoms with Crippen molar-refractivity contribution in [3.63, 3.8) is 0 Å². The van der Waals surface area contributed by atoms with Crippen LogP contribution < -0.4 is 0 Å². The lowest BCUT2D eigenvalue weighted by molar-refractivity contribution is -0.136. The average Bonchev–Trinajstić information content (AvgIpc) is 2.83. The summed E-state index contributed by atoms with van der Waals surface area (Å²) in [5.41, 5.74) is 0.393. The molecule has 0 N–H and O–H groups in total. The summed E-state index contributed by atoms with van der Waals surface area (Å²) in [5, 5.41) is 0. The number of carbonyl (C=O) groups is 2. The first kappa shape index (κ1) is 9.69. The third kappa shape index (κ3) is 1.97. The smallest absolute Gasteiger partial charge is 0.223 e. The number of carbonyl (C=O) groups excluding carboxylic acids is 2. The van der Waals surface area contributed by atoms with Gasteiger partial charge in [-0.05, 0) is 31.6 Å². The predicted molar refractivity (Wildman–Crippen MR) is 52.8 cm³/mol. The van der Waals surface area contributed by atoms with Crippen LogP contribution in [0.3, 0.4) is 0 Å². The van der Waals surface area contributed by atoms with Gasteiger partial charge in [-0.15, -0.1) is 0 Å². The Hall–Kier alpha value is -0.860. The third-order valence-corrected chi connectivity index (χ3v) is 3.48. The minimum absolute atomic E-state index is 0.171. The Balaban J connectivity index is 1.83. The van der Waals surface area contributed by atoms with Crippen molar-refractivity contribution in [1.29, 1.82) is 0 Å². The average molecular weight is 195 g/mol. The molecule has 0 aromatic heterocycles. The molecule has 1 amide bonds. The summed E-state index contributed by atoms with van der Waals surface area (Å²) in [6.07, 6.45) is 4.86. The highest BCUT2D eigenvalue weighted by Gasteiger charge is 2.47. The molecule has 0 unspecified atom stereocenters. The number of rotatable bonds is 3. The fourth-order valence-electron chi connectivity index (χ4n) is 2.15. The van der Waals surface area contributed by atoms with Gasteiger partial charge < -0.3 is 4.90 Å². The molecular weight excluding hydrogens is 178 g/mol. The van der Waals surface area contributed by atoms with Gasteiger partial charge in [0.15, 0.2) is 0 Å². The molecule has 1 saturated carbocycles. The van der Waals surface area contributed by atoms with Gasteiger partial charge in [-0.25, -0.2) is 0 Å². The number of nitrogens with zero attached hydrogens (tertiary/aromatic N) is 1. The van der Waals surface area contributed by atoms with Crippen LogP contribution in [0.25, 0.3) is 0 Å². The van der Waals surface area contributed by atoms with Gasteiger partial charge in [0.25, 0.3) is 0 Å². The lowest BCUT2D eigenvalue weighted by Crippen LogP contribution is -2.40. The van der Waals surface area contributed by atoms with Crippen LogP contribution in [0.5, 0.6) is 0 Å². The van der Waals surface area contributed by atoms with Crippen LogP contribution in [-0.4, -0.2) is 29.7 Å². The number of hydrogen-bond acceptors (Lipinski definition) is 2. The van der Waals surface area contributed by atoms with Gasteiger partial charge in [-0.3, -0.25) is 9.59 Å². The van der Waals surface area contributed by atoms with E-state index in [4.69, 9.17) is 0 Å². The summed E-state index contributed by atoms with van der Waals surface area (Å²) in [5.74, 6) is 0.430. The molecule has 2 aliphatic rings. The first-order valence-corrected chi connectivity index (χ1v) is 5.39. The number of piperidine rings is 1. The van der Waals surface area contributed by atoms with Gasteiger partial charge in [0.2, 0.25) is 5.91 Å². The second kappa shape index (κ2) is 3.37. The first-order valence-electron chi connectivity index (χ1n) is 5.39. The molecule has 2 rings (SSSR count). The second-order valence-electron chi connectivity index (χ2n) is 4.76. The van der Waals surface area contributed by atoms with Gasteiger partial charge in [-0.1, -0.05) is 0 Å². The summed E-state index contributed by atoms with van der Waals surface area (Å²) < 4.78 is 0. The van der Waals surface area contributed by atoms with E-state index >= 15 is 0 Å². The molecule has 2 fully saturated rings. The van der Waals surface area contributed by atoms with Crippen molar-refractivity contribution < 1.29 is 9.59 Å². The topological polar surface area (TPSA) is 37.4 Å². The summed E-state index contributed by atoms with van der Waals surface area (Å²) in [6, 6.07) is 0. The van der Waals surface area contributed by atoms with Gasteiger partial charge >= 0.3 is 0 Å². The molecule has 1 spiro atoms. The molecule has 1 aliphatic carbocycles. The van der Waals surface area contributed by atoms with Crippen molar-refractivity contribution in [3.8, 4) is 0 Å². The van der Waals surface area contributed by atoms with Gasteiger partial charge in [0.1, 0.15) is 5.78 Å². The fraction of sp³-hybridized carbons (Fsp3) is 0.818. The summed E-state index contributed by atoms with van der Waals surface area (Å²) in [6.45, 7) is 3.08. The van der Waals surface area contributed by atoms with Crippen molar-refractivity contribution in [1.82, 2.24) is 4.90 Å². The van der Waals surface area contributed by atoms with Crippen molar-refractivity contribution in [2.24, 2.45) is 5.41 Å². The van der Waals surface area contributed by atoms with Crippen LogP contribution >= 0.6 is 0 Å². The van der Waals surface area contributed by atoms with E-state index in [9.17, 15) is 9.59 Å². The number of ketones is 1. The van der Waals surface area contributed by atoms with E-state index in [1.54, 1.807) is 6.92 Å². The third-order valence-electron chi connectivity index (χ3n) is 3.48. The summed E-state index contributed by atoms with van der Waals surface area (Å²) in [7, 11) is 0. The number of Topliss-reactive ketones (excluding diaryl/α,β-unsaturated/α-hetero) is 1. The zero-order chi connectivity index (χ0) is 10.2. The molecule has 14 heavy (non-hydrogen) atoms. The van der Waals surface area contributed by atoms with E-state index in [1.807, 2.05) is 4.90 Å². The van der Waals surface area contributed by atoms with Crippen LogP contribution in [0, 0.1) is 5.41 Å². The maximum atomic E-state index is 11.7. The zero-order valence-electron chi connectivity index (χ0n) is 8.71. The highest BCUT2D eigenvalue weighted by Crippen LogP contribution is 2.53. The maximum Gasteiger partial charge on any atom is 0.223 e. The van der Waals surface area contributed by atoms with Crippen LogP contribution in [-0.2, 0) is 9.59 Å².